The Hall–Kier alpha value is -4.27. The van der Waals surface area contributed by atoms with Crippen LogP contribution in [0.4, 0.5) is 0 Å². The Balaban J connectivity index is -0.0000000388. The van der Waals surface area contributed by atoms with Crippen molar-refractivity contribution in [3.05, 3.63) is 60.9 Å². The Kier molecular flexibility index (Phi) is 237. The van der Waals surface area contributed by atoms with Gasteiger partial charge in [-0.15, -0.1) is 0 Å². The lowest BCUT2D eigenvalue weighted by Gasteiger charge is -2.10. The van der Waals surface area contributed by atoms with Crippen LogP contribution in [0.3, 0.4) is 0 Å². The molecule has 4 heterocycles. The van der Waals surface area contributed by atoms with Crippen LogP contribution in [0.5, 0.6) is 0 Å². The summed E-state index contributed by atoms with van der Waals surface area (Å²) in [6.07, 6.45) is 36.5. The summed E-state index contributed by atoms with van der Waals surface area (Å²) in [5, 5.41) is 0. The van der Waals surface area contributed by atoms with Crippen LogP contribution in [-0.4, -0.2) is 73.4 Å². The molecular formula is C76H162N4O5. The summed E-state index contributed by atoms with van der Waals surface area (Å²) in [7, 11) is 0. The predicted octanol–water partition coefficient (Wildman–Crippen LogP) is 26.1. The van der Waals surface area contributed by atoms with Crippen molar-refractivity contribution in [3.8, 4) is 0 Å². The number of hydrogen-bond donors (Lipinski definition) is 0. The second-order valence-electron chi connectivity index (χ2n) is 13.3. The van der Waals surface area contributed by atoms with Crippen molar-refractivity contribution in [2.24, 2.45) is 20.0 Å². The molecule has 4 aliphatic carbocycles. The molecule has 0 unspecified atom stereocenters. The molecule has 9 nitrogen and oxygen atoms in total. The Morgan fingerprint density at radius 3 is 0.776 bits per heavy atom. The first kappa shape index (κ1) is 126. The van der Waals surface area contributed by atoms with Crippen LogP contribution in [0.15, 0.2) is 80.9 Å². The van der Waals surface area contributed by atoms with Crippen LogP contribution in [0, 0.1) is 0 Å². The van der Waals surface area contributed by atoms with Crippen molar-refractivity contribution in [1.29, 1.82) is 0 Å². The third kappa shape index (κ3) is 155. The van der Waals surface area contributed by atoms with E-state index in [1.54, 1.807) is 6.08 Å². The van der Waals surface area contributed by atoms with Crippen LogP contribution in [0.2, 0.25) is 0 Å². The number of allylic oxidation sites excluding steroid dienone is 7. The van der Waals surface area contributed by atoms with E-state index >= 15 is 0 Å². The predicted molar refractivity (Wildman–Crippen MR) is 405 cm³/mol. The standard InChI is InChI=1S/C7H12.C7H10.C6H9N.C5H7NO.C5H8O.C5H6O.2C4H5NO.16C2H6.CH4/c2*1-7-5-3-2-4-6-7;1-6-4-2-3-5-7-6;7-5-2-1-3-6-4-5;2*6-5-3-1-2-4-5;2*6-4-1-2-5-3-4;16*1-2;/h1-6H2;3,5H,1-2,4,6H2;5H,1-4H2;4H,1-3H2;1-4H2;1,3H,2,4H2;2*3H,1-2H2;16*1-2H3;1H4. The molecule has 0 amide bonds. The number of nitrogens with zero attached hydrogens (tertiary/aromatic N) is 4. The topological polar surface area (TPSA) is 135 Å². The summed E-state index contributed by atoms with van der Waals surface area (Å²) in [6, 6.07) is 0. The van der Waals surface area contributed by atoms with Crippen molar-refractivity contribution in [2.45, 2.75) is 364 Å². The van der Waals surface area contributed by atoms with Crippen LogP contribution in [-0.2, 0) is 24.0 Å². The molecule has 2 saturated carbocycles. The molecule has 0 aromatic carbocycles. The second kappa shape index (κ2) is 159. The molecule has 0 saturated heterocycles. The number of aliphatic imine (C=N–C) groups is 4. The summed E-state index contributed by atoms with van der Waals surface area (Å²) < 4.78 is 0. The van der Waals surface area contributed by atoms with Crippen molar-refractivity contribution in [3.63, 3.8) is 0 Å². The largest absolute Gasteiger partial charge is 0.300 e. The van der Waals surface area contributed by atoms with Gasteiger partial charge in [0.25, 0.3) is 0 Å². The highest BCUT2D eigenvalue weighted by molar-refractivity contribution is 6.29. The third-order valence-electron chi connectivity index (χ3n) is 8.27. The van der Waals surface area contributed by atoms with E-state index in [2.05, 4.69) is 51.9 Å². The first-order valence-electron chi connectivity index (χ1n) is 35.2. The van der Waals surface area contributed by atoms with Crippen LogP contribution in [0.25, 0.3) is 0 Å². The fourth-order valence-electron chi connectivity index (χ4n) is 5.17. The maximum absolute atomic E-state index is 10.3. The number of ketones is 5. The zero-order chi connectivity index (χ0) is 70.1. The molecular weight excluding hydrogens is 1050 g/mol. The van der Waals surface area contributed by atoms with Gasteiger partial charge in [0, 0.05) is 70.1 Å². The highest BCUT2D eigenvalue weighted by Gasteiger charge is 2.07. The Labute approximate surface area is 539 Å². The molecule has 0 aromatic heterocycles. The van der Waals surface area contributed by atoms with Crippen LogP contribution in [0.1, 0.15) is 364 Å². The highest BCUT2D eigenvalue weighted by atomic mass is 16.1. The Morgan fingerprint density at radius 1 is 0.306 bits per heavy atom. The molecule has 0 radical (unpaired) electrons. The third-order valence-corrected chi connectivity index (χ3v) is 8.27. The Morgan fingerprint density at radius 2 is 0.647 bits per heavy atom. The molecule has 9 heteroatoms. The van der Waals surface area contributed by atoms with Crippen molar-refractivity contribution >= 4 is 53.8 Å². The van der Waals surface area contributed by atoms with Gasteiger partial charge < -0.3 is 0 Å². The quantitative estimate of drug-likeness (QED) is 0.223. The molecule has 4 aliphatic heterocycles. The number of rotatable bonds is 0. The fraction of sp³-hybridized carbons (Fsp3) is 0.750. The summed E-state index contributed by atoms with van der Waals surface area (Å²) in [4.78, 5) is 66.1. The van der Waals surface area contributed by atoms with E-state index in [1.165, 1.54) is 87.6 Å². The Bertz CT molecular complexity index is 1210. The van der Waals surface area contributed by atoms with Gasteiger partial charge in [0.15, 0.2) is 23.1 Å². The van der Waals surface area contributed by atoms with Gasteiger partial charge in [-0.2, -0.15) is 0 Å². The van der Waals surface area contributed by atoms with Crippen molar-refractivity contribution < 1.29 is 24.0 Å². The van der Waals surface area contributed by atoms with Crippen LogP contribution >= 0.6 is 0 Å². The van der Waals surface area contributed by atoms with E-state index in [-0.39, 0.29) is 30.6 Å². The molecule has 85 heavy (non-hydrogen) atoms. The minimum absolute atomic E-state index is 0. The normalized spacial score (nSPS) is 13.7. The van der Waals surface area contributed by atoms with Gasteiger partial charge in [-0.3, -0.25) is 43.9 Å². The number of Topliss-reactive ketones (excluding diaryl/α,β-unsaturated/α-hetero) is 4. The smallest absolute Gasteiger partial charge is 0.175 e. The second-order valence-corrected chi connectivity index (χ2v) is 13.3. The van der Waals surface area contributed by atoms with E-state index in [0.717, 1.165) is 70.0 Å². The number of carbonyl (C=O) groups excluding carboxylic acids is 5. The molecule has 0 spiro atoms. The SMILES string of the molecule is C.C=C1C=CCCC1.C=C1CCCC=N1.C=C1CCCCC1.CC.CC.CC.CC.CC.CC.CC.CC.CC.CC.CC.CC.CC.CC.CC.CC.O=C1C=CCC1.O=C1C=NCC1.O=C1C=NCC1.O=C1C=NCCC1.O=C1CCCC1. The molecule has 2 fully saturated rings. The average Bonchev–Trinajstić information content (AvgIpc) is 4.50. The molecule has 0 atom stereocenters. The van der Waals surface area contributed by atoms with Crippen molar-refractivity contribution in [2.75, 3.05) is 19.6 Å². The number of carbonyl (C=O) groups is 5. The van der Waals surface area contributed by atoms with Gasteiger partial charge in [0.05, 0.1) is 18.6 Å². The van der Waals surface area contributed by atoms with Gasteiger partial charge in [0.1, 0.15) is 5.78 Å². The molecule has 0 bridgehead atoms. The lowest BCUT2D eigenvalue weighted by atomic mass is 9.97. The molecule has 516 valence electrons. The number of hydrogen-bond acceptors (Lipinski definition) is 9. The summed E-state index contributed by atoms with van der Waals surface area (Å²) >= 11 is 0. The zero-order valence-corrected chi connectivity index (χ0v) is 63.5. The van der Waals surface area contributed by atoms with E-state index in [4.69, 9.17) is 0 Å². The van der Waals surface area contributed by atoms with E-state index in [9.17, 15) is 24.0 Å². The van der Waals surface area contributed by atoms with Gasteiger partial charge in [-0.05, 0) is 96.0 Å². The first-order chi connectivity index (χ1) is 41.2. The van der Waals surface area contributed by atoms with E-state index in [1.807, 2.05) is 234 Å². The lowest BCUT2D eigenvalue weighted by molar-refractivity contribution is -0.117. The summed E-state index contributed by atoms with van der Waals surface area (Å²) in [6.45, 7) is 77.7. The highest BCUT2D eigenvalue weighted by Crippen LogP contribution is 2.20. The van der Waals surface area contributed by atoms with Crippen molar-refractivity contribution in [1.82, 2.24) is 0 Å². The minimum atomic E-state index is 0. The van der Waals surface area contributed by atoms with E-state index in [0.29, 0.717) is 38.1 Å². The van der Waals surface area contributed by atoms with Crippen LogP contribution < -0.4 is 0 Å². The zero-order valence-electron chi connectivity index (χ0n) is 63.5. The van der Waals surface area contributed by atoms with Gasteiger partial charge in [-0.1, -0.05) is 285 Å². The lowest BCUT2D eigenvalue weighted by Crippen LogP contribution is -2.05. The first-order valence-corrected chi connectivity index (χ1v) is 35.2. The maximum atomic E-state index is 10.3. The molecule has 0 N–H and O–H groups in total. The molecule has 8 rings (SSSR count). The summed E-state index contributed by atoms with van der Waals surface area (Å²) in [5.74, 6) is 1.22. The molecule has 0 aromatic rings. The van der Waals surface area contributed by atoms with Gasteiger partial charge >= 0.3 is 0 Å². The fourth-order valence-corrected chi connectivity index (χ4v) is 5.17. The summed E-state index contributed by atoms with van der Waals surface area (Å²) in [5.41, 5.74) is 3.78. The monoisotopic (exact) mass is 1210 g/mol. The van der Waals surface area contributed by atoms with Gasteiger partial charge in [0.2, 0.25) is 0 Å². The maximum Gasteiger partial charge on any atom is 0.175 e. The van der Waals surface area contributed by atoms with E-state index < -0.39 is 0 Å². The minimum Gasteiger partial charge on any atom is -0.300 e. The molecule has 8 aliphatic rings. The average molecular weight is 1210 g/mol. The van der Waals surface area contributed by atoms with Gasteiger partial charge in [-0.25, -0.2) is 0 Å².